The van der Waals surface area contributed by atoms with E-state index >= 15 is 0 Å². The number of carbonyl (C=O) groups excluding carboxylic acids is 2. The number of hydrogen-bond acceptors (Lipinski definition) is 5. The molecule has 7 nitrogen and oxygen atoms in total. The van der Waals surface area contributed by atoms with Gasteiger partial charge in [-0.1, -0.05) is 6.07 Å². The van der Waals surface area contributed by atoms with Crippen LogP contribution in [0.15, 0.2) is 24.3 Å². The number of ether oxygens (including phenoxy) is 1. The summed E-state index contributed by atoms with van der Waals surface area (Å²) >= 11 is 0. The third-order valence-corrected chi connectivity index (χ3v) is 3.23. The molecule has 0 unspecified atom stereocenters. The van der Waals surface area contributed by atoms with E-state index < -0.39 is 18.1 Å². The minimum atomic E-state index is -1.00. The van der Waals surface area contributed by atoms with Gasteiger partial charge < -0.3 is 25.8 Å². The summed E-state index contributed by atoms with van der Waals surface area (Å²) in [7, 11) is 0. The highest BCUT2D eigenvalue weighted by Crippen LogP contribution is 2.21. The smallest absolute Gasteiger partial charge is 0.253 e. The van der Waals surface area contributed by atoms with Crippen molar-refractivity contribution in [1.29, 1.82) is 0 Å². The first-order valence-electron chi connectivity index (χ1n) is 6.71. The minimum Gasteiger partial charge on any atom is -0.391 e. The summed E-state index contributed by atoms with van der Waals surface area (Å²) in [6, 6.07) is 5.91. The maximum absolute atomic E-state index is 11.8. The molecule has 21 heavy (non-hydrogen) atoms. The van der Waals surface area contributed by atoms with Crippen LogP contribution in [0.4, 0.5) is 11.4 Å². The Morgan fingerprint density at radius 1 is 1.52 bits per heavy atom. The molecule has 1 aliphatic heterocycles. The van der Waals surface area contributed by atoms with E-state index in [1.165, 1.54) is 6.92 Å². The predicted octanol–water partition coefficient (Wildman–Crippen LogP) is -0.304. The van der Waals surface area contributed by atoms with Crippen molar-refractivity contribution in [1.82, 2.24) is 0 Å². The van der Waals surface area contributed by atoms with Gasteiger partial charge in [-0.25, -0.2) is 0 Å². The number of morpholine rings is 1. The maximum atomic E-state index is 11.8. The summed E-state index contributed by atoms with van der Waals surface area (Å²) in [6.45, 7) is 2.47. The predicted molar refractivity (Wildman–Crippen MR) is 77.9 cm³/mol. The van der Waals surface area contributed by atoms with Crippen molar-refractivity contribution >= 4 is 23.2 Å². The molecule has 2 amide bonds. The molecule has 7 heteroatoms. The second-order valence-electron chi connectivity index (χ2n) is 4.90. The number of nitrogens with two attached hydrogens (primary N) is 1. The number of amides is 2. The van der Waals surface area contributed by atoms with E-state index in [9.17, 15) is 14.7 Å². The van der Waals surface area contributed by atoms with E-state index in [0.29, 0.717) is 24.5 Å². The first kappa shape index (κ1) is 15.4. The van der Waals surface area contributed by atoms with Crippen LogP contribution >= 0.6 is 0 Å². The highest BCUT2D eigenvalue weighted by molar-refractivity contribution is 5.98. The van der Waals surface area contributed by atoms with Crippen molar-refractivity contribution < 1.29 is 19.4 Å². The van der Waals surface area contributed by atoms with Gasteiger partial charge >= 0.3 is 0 Å². The fourth-order valence-electron chi connectivity index (χ4n) is 1.99. The highest BCUT2D eigenvalue weighted by atomic mass is 16.5. The molecule has 1 fully saturated rings. The second kappa shape index (κ2) is 6.66. The zero-order valence-corrected chi connectivity index (χ0v) is 11.8. The van der Waals surface area contributed by atoms with Crippen LogP contribution < -0.4 is 16.0 Å². The molecule has 0 spiro atoms. The van der Waals surface area contributed by atoms with Crippen LogP contribution in [0.1, 0.15) is 6.92 Å². The Labute approximate surface area is 122 Å². The minimum absolute atomic E-state index is 0.0590. The number of hydrogen-bond donors (Lipinski definition) is 3. The molecule has 2 rings (SSSR count). The van der Waals surface area contributed by atoms with Crippen molar-refractivity contribution in [3.8, 4) is 0 Å². The van der Waals surface area contributed by atoms with Crippen LogP contribution in [0.3, 0.4) is 0 Å². The van der Waals surface area contributed by atoms with E-state index in [1.807, 2.05) is 0 Å². The highest BCUT2D eigenvalue weighted by Gasteiger charge is 2.21. The molecular weight excluding hydrogens is 274 g/mol. The first-order chi connectivity index (χ1) is 9.99. The van der Waals surface area contributed by atoms with Crippen LogP contribution in [-0.4, -0.2) is 48.8 Å². The summed E-state index contributed by atoms with van der Waals surface area (Å²) in [6.07, 6.45) is -0.936. The number of nitrogens with one attached hydrogen (secondary N) is 1. The zero-order valence-electron chi connectivity index (χ0n) is 11.8. The van der Waals surface area contributed by atoms with E-state index in [-0.39, 0.29) is 12.5 Å². The lowest BCUT2D eigenvalue weighted by Gasteiger charge is -2.27. The molecule has 2 atom stereocenters. The lowest BCUT2D eigenvalue weighted by Crippen LogP contribution is -2.44. The van der Waals surface area contributed by atoms with Gasteiger partial charge in [0.1, 0.15) is 12.6 Å². The second-order valence-corrected chi connectivity index (χ2v) is 4.90. The van der Waals surface area contributed by atoms with Crippen molar-refractivity contribution in [2.75, 3.05) is 30.0 Å². The van der Waals surface area contributed by atoms with Crippen LogP contribution in [-0.2, 0) is 14.3 Å². The molecule has 1 saturated heterocycles. The molecule has 0 bridgehead atoms. The van der Waals surface area contributed by atoms with Gasteiger partial charge in [0.15, 0.2) is 0 Å². The fourth-order valence-corrected chi connectivity index (χ4v) is 1.99. The summed E-state index contributed by atoms with van der Waals surface area (Å²) in [5.74, 6) is -0.596. The largest absolute Gasteiger partial charge is 0.391 e. The summed E-state index contributed by atoms with van der Waals surface area (Å²) in [5.41, 5.74) is 6.78. The lowest BCUT2D eigenvalue weighted by atomic mass is 10.1. The quantitative estimate of drug-likeness (QED) is 0.706. The van der Waals surface area contributed by atoms with Gasteiger partial charge in [0.25, 0.3) is 5.91 Å². The Hall–Kier alpha value is -1.96. The molecule has 0 radical (unpaired) electrons. The monoisotopic (exact) mass is 293 g/mol. The first-order valence-corrected chi connectivity index (χ1v) is 6.71. The van der Waals surface area contributed by atoms with Gasteiger partial charge in [-0.2, -0.15) is 0 Å². The van der Waals surface area contributed by atoms with Gasteiger partial charge in [-0.15, -0.1) is 0 Å². The number of nitrogens with zero attached hydrogens (tertiary/aromatic N) is 1. The average Bonchev–Trinajstić information content (AvgIpc) is 2.47. The number of carbonyl (C=O) groups is 2. The zero-order chi connectivity index (χ0) is 15.4. The molecule has 1 heterocycles. The number of benzene rings is 1. The van der Waals surface area contributed by atoms with Gasteiger partial charge in [-0.3, -0.25) is 9.59 Å². The Morgan fingerprint density at radius 2 is 2.29 bits per heavy atom. The summed E-state index contributed by atoms with van der Waals surface area (Å²) in [4.78, 5) is 25.2. The van der Waals surface area contributed by atoms with Crippen LogP contribution in [0.25, 0.3) is 0 Å². The van der Waals surface area contributed by atoms with Gasteiger partial charge in [-0.05, 0) is 25.1 Å². The van der Waals surface area contributed by atoms with Gasteiger partial charge in [0, 0.05) is 17.9 Å². The molecule has 0 saturated carbocycles. The molecule has 4 N–H and O–H groups in total. The molecule has 1 aromatic rings. The lowest BCUT2D eigenvalue weighted by molar-refractivity contribution is -0.125. The number of rotatable bonds is 4. The maximum Gasteiger partial charge on any atom is 0.253 e. The summed E-state index contributed by atoms with van der Waals surface area (Å²) < 4.78 is 5.08. The number of aliphatic hydroxyl groups is 1. The third-order valence-electron chi connectivity index (χ3n) is 3.23. The van der Waals surface area contributed by atoms with Crippen LogP contribution in [0.5, 0.6) is 0 Å². The fraction of sp³-hybridized carbons (Fsp3) is 0.429. The topological polar surface area (TPSA) is 105 Å². The Balaban J connectivity index is 2.10. The van der Waals surface area contributed by atoms with E-state index in [1.54, 1.807) is 29.2 Å². The molecule has 1 aliphatic rings. The standard InChI is InChI=1S/C14H19N3O4/c1-9(18)13(15)14(20)16-10-3-2-4-11(7-10)17-5-6-21-8-12(17)19/h2-4,7,9,13,18H,5-6,8,15H2,1H3,(H,16,20)/t9-,13+/m1/s1. The normalized spacial score (nSPS) is 18.2. The molecule has 114 valence electrons. The molecular formula is C14H19N3O4. The van der Waals surface area contributed by atoms with E-state index in [2.05, 4.69) is 5.32 Å². The van der Waals surface area contributed by atoms with Gasteiger partial charge in [0.05, 0.1) is 12.7 Å². The molecule has 0 aromatic heterocycles. The SMILES string of the molecule is C[C@@H](O)[C@H](N)C(=O)Nc1cccc(N2CCOCC2=O)c1. The van der Waals surface area contributed by atoms with Crippen molar-refractivity contribution in [2.24, 2.45) is 5.73 Å². The summed E-state index contributed by atoms with van der Waals surface area (Å²) in [5, 5.41) is 11.9. The van der Waals surface area contributed by atoms with Gasteiger partial charge in [0.2, 0.25) is 5.91 Å². The number of anilines is 2. The van der Waals surface area contributed by atoms with Crippen LogP contribution in [0.2, 0.25) is 0 Å². The van der Waals surface area contributed by atoms with E-state index in [0.717, 1.165) is 0 Å². The Kier molecular flexibility index (Phi) is 4.89. The molecule has 1 aromatic carbocycles. The van der Waals surface area contributed by atoms with Crippen molar-refractivity contribution in [2.45, 2.75) is 19.1 Å². The van der Waals surface area contributed by atoms with Crippen molar-refractivity contribution in [3.63, 3.8) is 0 Å². The molecule has 0 aliphatic carbocycles. The Bertz CT molecular complexity index is 533. The van der Waals surface area contributed by atoms with Crippen molar-refractivity contribution in [3.05, 3.63) is 24.3 Å². The van der Waals surface area contributed by atoms with Crippen LogP contribution in [0, 0.1) is 0 Å². The Morgan fingerprint density at radius 3 is 2.95 bits per heavy atom. The third kappa shape index (κ3) is 3.78. The number of aliphatic hydroxyl groups excluding tert-OH is 1. The average molecular weight is 293 g/mol. The van der Waals surface area contributed by atoms with E-state index in [4.69, 9.17) is 10.5 Å².